The average molecular weight is 543 g/mol. The van der Waals surface area contributed by atoms with E-state index in [-0.39, 0.29) is 17.6 Å². The fraction of sp³-hybridized carbons (Fsp3) is 0.517. The van der Waals surface area contributed by atoms with Crippen molar-refractivity contribution >= 4 is 29.9 Å². The highest BCUT2D eigenvalue weighted by atomic mass is 16.2. The summed E-state index contributed by atoms with van der Waals surface area (Å²) in [7, 11) is 2.08. The molecular formula is C29H34N8O3. The number of likely N-dealkylation sites (tertiary alicyclic amines) is 1. The summed E-state index contributed by atoms with van der Waals surface area (Å²) < 4.78 is 0. The average Bonchev–Trinajstić information content (AvgIpc) is 3.76. The molecule has 3 amide bonds. The Morgan fingerprint density at radius 1 is 1.20 bits per heavy atom. The minimum absolute atomic E-state index is 0.0624. The van der Waals surface area contributed by atoms with Gasteiger partial charge < -0.3 is 9.80 Å². The van der Waals surface area contributed by atoms with Crippen molar-refractivity contribution in [3.8, 4) is 6.07 Å². The van der Waals surface area contributed by atoms with Crippen LogP contribution in [0.25, 0.3) is 0 Å². The summed E-state index contributed by atoms with van der Waals surface area (Å²) in [5.74, 6) is 1.51. The lowest BCUT2D eigenvalue weighted by Crippen LogP contribution is -2.63. The van der Waals surface area contributed by atoms with Gasteiger partial charge in [-0.05, 0) is 68.3 Å². The summed E-state index contributed by atoms with van der Waals surface area (Å²) in [5.41, 5.74) is 3.27. The number of carbonyl (C=O) groups excluding carboxylic acids is 3. The predicted molar refractivity (Wildman–Crippen MR) is 148 cm³/mol. The fourth-order valence-corrected chi connectivity index (χ4v) is 5.94. The molecule has 1 N–H and O–H groups in total. The lowest BCUT2D eigenvalue weighted by molar-refractivity contribution is -0.139. The number of nitrogens with one attached hydrogen (secondary N) is 1. The van der Waals surface area contributed by atoms with Crippen molar-refractivity contribution < 1.29 is 14.4 Å². The molecule has 208 valence electrons. The number of urea groups is 1. The number of aldehydes is 1. The van der Waals surface area contributed by atoms with Gasteiger partial charge in [-0.3, -0.25) is 24.7 Å². The number of nitrogens with zero attached hydrogens (tertiary/aromatic N) is 7. The largest absolute Gasteiger partial charge is 0.336 e. The number of likely N-dealkylation sites (N-methyl/N-ethyl adjacent to an activating group) is 1. The summed E-state index contributed by atoms with van der Waals surface area (Å²) in [5, 5.41) is 12.3. The Bertz CT molecular complexity index is 1380. The number of hydrogen-bond donors (Lipinski definition) is 1. The van der Waals surface area contributed by atoms with E-state index in [0.29, 0.717) is 67.2 Å². The zero-order valence-electron chi connectivity index (χ0n) is 22.8. The SMILES string of the molecule is CN1CC(N2CCN(Cc3cc4c(nc3C=O)N(C(=O)Nc3cc(CC5CC5)c(C#N)cn3)CCC4)C(=O)C2)C1. The normalized spacial score (nSPS) is 20.1. The van der Waals surface area contributed by atoms with E-state index in [0.717, 1.165) is 62.9 Å². The maximum atomic E-state index is 13.3. The number of carbonyl (C=O) groups is 3. The molecule has 2 saturated heterocycles. The van der Waals surface area contributed by atoms with Gasteiger partial charge in [0.05, 0.1) is 12.1 Å². The molecule has 2 aromatic heterocycles. The molecule has 3 fully saturated rings. The van der Waals surface area contributed by atoms with Gasteiger partial charge >= 0.3 is 6.03 Å². The first-order valence-electron chi connectivity index (χ1n) is 14.1. The monoisotopic (exact) mass is 542 g/mol. The number of aryl methyl sites for hydroxylation is 1. The number of amides is 3. The highest BCUT2D eigenvalue weighted by Gasteiger charge is 2.35. The van der Waals surface area contributed by atoms with Crippen molar-refractivity contribution in [1.29, 1.82) is 5.26 Å². The van der Waals surface area contributed by atoms with Crippen molar-refractivity contribution in [2.45, 2.75) is 44.7 Å². The van der Waals surface area contributed by atoms with E-state index in [2.05, 4.69) is 38.2 Å². The van der Waals surface area contributed by atoms with Crippen molar-refractivity contribution in [1.82, 2.24) is 24.7 Å². The van der Waals surface area contributed by atoms with Crippen molar-refractivity contribution in [2.24, 2.45) is 5.92 Å². The second-order valence-electron chi connectivity index (χ2n) is 11.5. The van der Waals surface area contributed by atoms with Gasteiger partial charge in [0.15, 0.2) is 6.29 Å². The first kappa shape index (κ1) is 26.3. The maximum Gasteiger partial charge on any atom is 0.328 e. The standard InChI is InChI=1S/C29H34N8O3/c1-34-15-24(16-34)35-7-8-36(27(39)17-35)14-22-10-20-3-2-6-37(28(20)32-25(22)18-38)29(40)33-26-11-21(9-19-4-5-19)23(12-30)13-31-26/h10-11,13,18-19,24H,2-9,14-17H2,1H3,(H,31,33,40). The Hall–Kier alpha value is -3.88. The van der Waals surface area contributed by atoms with Crippen LogP contribution in [0.1, 0.15) is 52.0 Å². The minimum atomic E-state index is -0.374. The Morgan fingerprint density at radius 2 is 2.02 bits per heavy atom. The molecule has 0 bridgehead atoms. The molecule has 5 heterocycles. The number of piperazine rings is 1. The molecule has 0 spiro atoms. The van der Waals surface area contributed by atoms with Crippen LogP contribution < -0.4 is 10.2 Å². The van der Waals surface area contributed by atoms with Crippen LogP contribution in [-0.2, 0) is 24.2 Å². The lowest BCUT2D eigenvalue weighted by atomic mass is 10.0. The van der Waals surface area contributed by atoms with E-state index in [1.54, 1.807) is 15.9 Å². The van der Waals surface area contributed by atoms with Gasteiger partial charge in [0, 0.05) is 57.1 Å². The van der Waals surface area contributed by atoms with Crippen molar-refractivity contribution in [2.75, 3.05) is 56.5 Å². The zero-order chi connectivity index (χ0) is 27.8. The molecule has 1 aliphatic carbocycles. The fourth-order valence-electron chi connectivity index (χ4n) is 5.94. The molecule has 40 heavy (non-hydrogen) atoms. The summed E-state index contributed by atoms with van der Waals surface area (Å²) in [6.07, 6.45) is 6.84. The Morgan fingerprint density at radius 3 is 2.73 bits per heavy atom. The third kappa shape index (κ3) is 5.42. The molecule has 2 aromatic rings. The molecular weight excluding hydrogens is 508 g/mol. The molecule has 0 aromatic carbocycles. The Labute approximate surface area is 233 Å². The van der Waals surface area contributed by atoms with E-state index >= 15 is 0 Å². The molecule has 11 nitrogen and oxygen atoms in total. The van der Waals surface area contributed by atoms with Crippen LogP contribution in [0.2, 0.25) is 0 Å². The summed E-state index contributed by atoms with van der Waals surface area (Å²) in [4.78, 5) is 55.1. The van der Waals surface area contributed by atoms with Gasteiger partial charge in [0.1, 0.15) is 23.4 Å². The quantitative estimate of drug-likeness (QED) is 0.527. The van der Waals surface area contributed by atoms with Crippen LogP contribution in [0.3, 0.4) is 0 Å². The van der Waals surface area contributed by atoms with E-state index in [1.807, 2.05) is 6.07 Å². The van der Waals surface area contributed by atoms with Gasteiger partial charge in [-0.15, -0.1) is 0 Å². The number of pyridine rings is 2. The van der Waals surface area contributed by atoms with Crippen LogP contribution >= 0.6 is 0 Å². The number of anilines is 2. The number of fused-ring (bicyclic) bond motifs is 1. The summed E-state index contributed by atoms with van der Waals surface area (Å²) >= 11 is 0. The van der Waals surface area contributed by atoms with Gasteiger partial charge in [0.2, 0.25) is 5.91 Å². The van der Waals surface area contributed by atoms with Gasteiger partial charge in [-0.1, -0.05) is 0 Å². The minimum Gasteiger partial charge on any atom is -0.336 e. The van der Waals surface area contributed by atoms with E-state index < -0.39 is 0 Å². The highest BCUT2D eigenvalue weighted by molar-refractivity contribution is 6.01. The zero-order valence-corrected chi connectivity index (χ0v) is 22.8. The molecule has 0 radical (unpaired) electrons. The van der Waals surface area contributed by atoms with E-state index in [4.69, 9.17) is 0 Å². The van der Waals surface area contributed by atoms with Gasteiger partial charge in [-0.2, -0.15) is 5.26 Å². The smallest absolute Gasteiger partial charge is 0.328 e. The number of hydrogen-bond acceptors (Lipinski definition) is 8. The molecule has 6 rings (SSSR count). The summed E-state index contributed by atoms with van der Waals surface area (Å²) in [6.45, 7) is 4.60. The second kappa shape index (κ2) is 10.9. The molecule has 0 atom stereocenters. The van der Waals surface area contributed by atoms with E-state index in [9.17, 15) is 19.6 Å². The van der Waals surface area contributed by atoms with Gasteiger partial charge in [-0.25, -0.2) is 14.8 Å². The second-order valence-corrected chi connectivity index (χ2v) is 11.5. The Kier molecular flexibility index (Phi) is 7.21. The number of nitriles is 1. The van der Waals surface area contributed by atoms with Crippen LogP contribution in [0.5, 0.6) is 0 Å². The van der Waals surface area contributed by atoms with Crippen molar-refractivity contribution in [3.63, 3.8) is 0 Å². The third-order valence-electron chi connectivity index (χ3n) is 8.45. The number of aromatic nitrogens is 2. The number of rotatable bonds is 7. The van der Waals surface area contributed by atoms with Crippen LogP contribution in [0, 0.1) is 17.2 Å². The van der Waals surface area contributed by atoms with Crippen LogP contribution in [-0.4, -0.2) is 95.3 Å². The molecule has 1 saturated carbocycles. The lowest BCUT2D eigenvalue weighted by Gasteiger charge is -2.46. The molecule has 3 aliphatic heterocycles. The van der Waals surface area contributed by atoms with Crippen LogP contribution in [0.15, 0.2) is 18.3 Å². The topological polar surface area (TPSA) is 126 Å². The first-order chi connectivity index (χ1) is 19.4. The third-order valence-corrected chi connectivity index (χ3v) is 8.45. The van der Waals surface area contributed by atoms with Crippen LogP contribution in [0.4, 0.5) is 16.4 Å². The van der Waals surface area contributed by atoms with Gasteiger partial charge in [0.25, 0.3) is 0 Å². The Balaban J connectivity index is 1.16. The molecule has 4 aliphatic rings. The predicted octanol–water partition coefficient (Wildman–Crippen LogP) is 2.06. The molecule has 0 unspecified atom stereocenters. The maximum absolute atomic E-state index is 13.3. The molecule has 11 heteroatoms. The highest BCUT2D eigenvalue weighted by Crippen LogP contribution is 2.34. The summed E-state index contributed by atoms with van der Waals surface area (Å²) in [6, 6.07) is 5.97. The first-order valence-corrected chi connectivity index (χ1v) is 14.1. The van der Waals surface area contributed by atoms with Crippen molar-refractivity contribution in [3.05, 3.63) is 46.3 Å². The van der Waals surface area contributed by atoms with E-state index in [1.165, 1.54) is 6.20 Å².